The molecule has 1 saturated heterocycles. The quantitative estimate of drug-likeness (QED) is 0.486. The monoisotopic (exact) mass is 445 g/mol. The third-order valence-corrected chi connectivity index (χ3v) is 6.57. The minimum atomic E-state index is -0.0884. The van der Waals surface area contributed by atoms with Crippen LogP contribution in [0, 0.1) is 27.7 Å². The van der Waals surface area contributed by atoms with Crippen molar-refractivity contribution in [1.29, 1.82) is 0 Å². The van der Waals surface area contributed by atoms with Gasteiger partial charge in [-0.1, -0.05) is 0 Å². The molecule has 0 aromatic heterocycles. The first-order valence-corrected chi connectivity index (χ1v) is 11.1. The molecule has 0 unspecified atom stereocenters. The molecular weight excluding hydrogens is 414 g/mol. The lowest BCUT2D eigenvalue weighted by atomic mass is 10.0. The van der Waals surface area contributed by atoms with E-state index in [9.17, 15) is 4.79 Å². The van der Waals surface area contributed by atoms with E-state index in [1.54, 1.807) is 6.08 Å². The van der Waals surface area contributed by atoms with E-state index >= 15 is 0 Å². The van der Waals surface area contributed by atoms with Crippen molar-refractivity contribution in [2.24, 2.45) is 4.99 Å². The van der Waals surface area contributed by atoms with Crippen molar-refractivity contribution < 1.29 is 9.53 Å². The number of nitrogens with two attached hydrogens (primary N) is 2. The van der Waals surface area contributed by atoms with Gasteiger partial charge in [0.1, 0.15) is 0 Å². The van der Waals surface area contributed by atoms with E-state index in [0.29, 0.717) is 32.0 Å². The Morgan fingerprint density at radius 1 is 0.879 bits per heavy atom. The lowest BCUT2D eigenvalue weighted by molar-refractivity contribution is -0.111. The Kier molecular flexibility index (Phi) is 6.24. The zero-order valence-corrected chi connectivity index (χ0v) is 19.7. The number of benzene rings is 2. The van der Waals surface area contributed by atoms with Gasteiger partial charge in [0, 0.05) is 36.2 Å². The summed E-state index contributed by atoms with van der Waals surface area (Å²) in [6.07, 6.45) is 3.51. The summed E-state index contributed by atoms with van der Waals surface area (Å²) in [5, 5.41) is 3.31. The topological polar surface area (TPSA) is 106 Å². The van der Waals surface area contributed by atoms with Crippen LogP contribution >= 0.6 is 0 Å². The lowest BCUT2D eigenvalue weighted by Crippen LogP contribution is -2.39. The van der Waals surface area contributed by atoms with E-state index in [2.05, 4.69) is 10.2 Å². The molecule has 1 aliphatic carbocycles. The van der Waals surface area contributed by atoms with Gasteiger partial charge in [-0.3, -0.25) is 4.79 Å². The number of nitrogen functional groups attached to an aromatic ring is 2. The summed E-state index contributed by atoms with van der Waals surface area (Å²) < 4.78 is 5.51. The minimum Gasteiger partial charge on any atom is -0.399 e. The molecule has 0 atom stereocenters. The fourth-order valence-electron chi connectivity index (χ4n) is 4.00. The number of aliphatic imine (C=N–C) groups is 1. The summed E-state index contributed by atoms with van der Waals surface area (Å²) in [4.78, 5) is 20.3. The number of nitrogens with zero attached hydrogens (tertiary/aromatic N) is 2. The molecule has 1 aliphatic heterocycles. The summed E-state index contributed by atoms with van der Waals surface area (Å²) >= 11 is 0. The van der Waals surface area contributed by atoms with Crippen LogP contribution in [0.4, 0.5) is 22.7 Å². The molecule has 0 bridgehead atoms. The molecule has 1 heterocycles. The van der Waals surface area contributed by atoms with E-state index in [-0.39, 0.29) is 5.78 Å². The number of hydrogen-bond acceptors (Lipinski definition) is 7. The van der Waals surface area contributed by atoms with Crippen LogP contribution in [0.25, 0.3) is 0 Å². The number of hydrogen-bond donors (Lipinski definition) is 3. The highest BCUT2D eigenvalue weighted by Gasteiger charge is 2.25. The number of morpholine rings is 1. The summed E-state index contributed by atoms with van der Waals surface area (Å²) in [5.74, 6) is -0.0884. The average molecular weight is 446 g/mol. The molecule has 33 heavy (non-hydrogen) atoms. The Labute approximate surface area is 194 Å². The maximum Gasteiger partial charge on any atom is 0.204 e. The van der Waals surface area contributed by atoms with Crippen molar-refractivity contribution in [3.8, 4) is 0 Å². The van der Waals surface area contributed by atoms with Crippen molar-refractivity contribution in [2.45, 2.75) is 27.7 Å². The average Bonchev–Trinajstić information content (AvgIpc) is 2.82. The molecule has 7 heteroatoms. The van der Waals surface area contributed by atoms with Gasteiger partial charge in [-0.25, -0.2) is 4.99 Å². The van der Waals surface area contributed by atoms with Crippen molar-refractivity contribution in [3.63, 3.8) is 0 Å². The van der Waals surface area contributed by atoms with Gasteiger partial charge in [-0.15, -0.1) is 0 Å². The van der Waals surface area contributed by atoms with Crippen molar-refractivity contribution >= 4 is 34.2 Å². The zero-order valence-electron chi connectivity index (χ0n) is 19.7. The predicted molar refractivity (Wildman–Crippen MR) is 135 cm³/mol. The van der Waals surface area contributed by atoms with Crippen LogP contribution in [0.3, 0.4) is 0 Å². The molecular formula is C26H31N5O2. The molecule has 7 nitrogen and oxygen atoms in total. The van der Waals surface area contributed by atoms with Gasteiger partial charge in [0.25, 0.3) is 0 Å². The van der Waals surface area contributed by atoms with Gasteiger partial charge in [0.15, 0.2) is 0 Å². The first-order chi connectivity index (χ1) is 15.8. The summed E-state index contributed by atoms with van der Waals surface area (Å²) in [6.45, 7) is 10.6. The predicted octanol–water partition coefficient (Wildman–Crippen LogP) is 3.95. The van der Waals surface area contributed by atoms with Crippen LogP contribution in [0.5, 0.6) is 0 Å². The SMILES string of the molecule is Cc1c(N)ccc(/N=C2\C=C(Nc3ccc(N)c(C)c3C)C(=O)C=C2N2CCOCC2)c1C. The number of allylic oxidation sites excluding steroid dienone is 2. The number of carbonyl (C=O) groups is 1. The number of rotatable bonds is 4. The highest BCUT2D eigenvalue weighted by atomic mass is 16.5. The van der Waals surface area contributed by atoms with Gasteiger partial charge in [-0.05, 0) is 80.3 Å². The Hall–Kier alpha value is -3.58. The third-order valence-electron chi connectivity index (χ3n) is 6.57. The molecule has 2 aliphatic rings. The smallest absolute Gasteiger partial charge is 0.204 e. The van der Waals surface area contributed by atoms with Crippen molar-refractivity contribution in [2.75, 3.05) is 43.1 Å². The number of ether oxygens (including phenoxy) is 1. The second-order valence-corrected chi connectivity index (χ2v) is 8.55. The first kappa shape index (κ1) is 22.6. The van der Waals surface area contributed by atoms with Crippen LogP contribution in [-0.2, 0) is 9.53 Å². The van der Waals surface area contributed by atoms with Crippen LogP contribution in [0.1, 0.15) is 22.3 Å². The van der Waals surface area contributed by atoms with Gasteiger partial charge in [0.05, 0.1) is 36.0 Å². The second kappa shape index (κ2) is 9.11. The van der Waals surface area contributed by atoms with Crippen LogP contribution in [-0.4, -0.2) is 42.7 Å². The Morgan fingerprint density at radius 3 is 2.21 bits per heavy atom. The molecule has 0 saturated carbocycles. The van der Waals surface area contributed by atoms with Gasteiger partial charge >= 0.3 is 0 Å². The van der Waals surface area contributed by atoms with E-state index in [0.717, 1.165) is 56.4 Å². The van der Waals surface area contributed by atoms with Gasteiger partial charge in [-0.2, -0.15) is 0 Å². The molecule has 172 valence electrons. The number of ketones is 1. The second-order valence-electron chi connectivity index (χ2n) is 8.55. The van der Waals surface area contributed by atoms with Crippen molar-refractivity contribution in [1.82, 2.24) is 4.90 Å². The fourth-order valence-corrected chi connectivity index (χ4v) is 4.00. The van der Waals surface area contributed by atoms with Gasteiger partial charge in [0.2, 0.25) is 5.78 Å². The highest BCUT2D eigenvalue weighted by Crippen LogP contribution is 2.30. The molecule has 0 amide bonds. The number of carbonyl (C=O) groups excluding carboxylic acids is 1. The Morgan fingerprint density at radius 2 is 1.52 bits per heavy atom. The van der Waals surface area contributed by atoms with E-state index in [4.69, 9.17) is 21.2 Å². The zero-order chi connectivity index (χ0) is 23.7. The van der Waals surface area contributed by atoms with Crippen LogP contribution < -0.4 is 16.8 Å². The summed E-state index contributed by atoms with van der Waals surface area (Å²) in [6, 6.07) is 7.55. The van der Waals surface area contributed by atoms with Crippen LogP contribution in [0.2, 0.25) is 0 Å². The molecule has 5 N–H and O–H groups in total. The molecule has 2 aromatic rings. The summed E-state index contributed by atoms with van der Waals surface area (Å²) in [5.41, 5.74) is 21.3. The maximum atomic E-state index is 13.1. The standard InChI is InChI=1S/C26H31N5O2/c1-15-17(3)21(7-5-19(15)27)29-23-13-24(30-22-8-6-20(28)16(2)18(22)4)26(32)14-25(23)31-9-11-33-12-10-31/h5-8,13-14,30H,9-12,27-28H2,1-4H3/b29-23+. The number of nitrogens with one attached hydrogen (secondary N) is 1. The number of anilines is 3. The van der Waals surface area contributed by atoms with E-state index < -0.39 is 0 Å². The maximum absolute atomic E-state index is 13.1. The van der Waals surface area contributed by atoms with E-state index in [1.165, 1.54) is 0 Å². The summed E-state index contributed by atoms with van der Waals surface area (Å²) in [7, 11) is 0. The molecule has 4 rings (SSSR count). The highest BCUT2D eigenvalue weighted by molar-refractivity contribution is 6.23. The lowest BCUT2D eigenvalue weighted by Gasteiger charge is -2.32. The van der Waals surface area contributed by atoms with Crippen molar-refractivity contribution in [3.05, 3.63) is 70.1 Å². The molecule has 0 radical (unpaired) electrons. The largest absolute Gasteiger partial charge is 0.399 e. The third kappa shape index (κ3) is 4.50. The molecule has 2 aromatic carbocycles. The van der Waals surface area contributed by atoms with Crippen LogP contribution in [0.15, 0.2) is 52.8 Å². The molecule has 0 spiro atoms. The minimum absolute atomic E-state index is 0.0884. The Bertz CT molecular complexity index is 1200. The fraction of sp³-hybridized carbons (Fsp3) is 0.308. The van der Waals surface area contributed by atoms with E-state index in [1.807, 2.05) is 58.0 Å². The normalized spacial score (nSPS) is 17.8. The Balaban J connectivity index is 1.77. The van der Waals surface area contributed by atoms with Gasteiger partial charge < -0.3 is 26.4 Å². The molecule has 1 fully saturated rings. The first-order valence-electron chi connectivity index (χ1n) is 11.1.